The summed E-state index contributed by atoms with van der Waals surface area (Å²) in [5.74, 6) is 0. The van der Waals surface area contributed by atoms with E-state index in [1.165, 1.54) is 38.5 Å². The van der Waals surface area contributed by atoms with Crippen LogP contribution in [0, 0.1) is 0 Å². The van der Waals surface area contributed by atoms with Gasteiger partial charge in [-0.3, -0.25) is 0 Å². The van der Waals surface area contributed by atoms with Gasteiger partial charge in [0.1, 0.15) is 0 Å². The Kier molecular flexibility index (Phi) is 18.1. The molecule has 0 bridgehead atoms. The molecule has 0 aromatic heterocycles. The van der Waals surface area contributed by atoms with E-state index >= 15 is 0 Å². The predicted octanol–water partition coefficient (Wildman–Crippen LogP) is 8.67. The standard InChI is InChI=1S/2C8H18N.2C5H5.Ti/c2*1-5-7(3)9-8(4)6-2;2*1-2-4-5-3-1;/h2*7-8H,5-6H2,1-4H3;2*1-3H,4H2;/q2*-1;;;+2. The summed E-state index contributed by atoms with van der Waals surface area (Å²) in [6, 6.07) is 2.22. The van der Waals surface area contributed by atoms with Crippen molar-refractivity contribution in [1.82, 2.24) is 0 Å². The molecule has 0 aromatic carbocycles. The summed E-state index contributed by atoms with van der Waals surface area (Å²) in [5.41, 5.74) is 0. The van der Waals surface area contributed by atoms with Crippen molar-refractivity contribution >= 4 is 0 Å². The number of hydrogen-bond acceptors (Lipinski definition) is 0. The van der Waals surface area contributed by atoms with Gasteiger partial charge in [-0.25, -0.2) is 0 Å². The van der Waals surface area contributed by atoms with E-state index in [1.807, 2.05) is 0 Å². The van der Waals surface area contributed by atoms with Crippen LogP contribution in [0.3, 0.4) is 0 Å². The summed E-state index contributed by atoms with van der Waals surface area (Å²) < 4.78 is 3.36. The fourth-order valence-corrected chi connectivity index (χ4v) is 4.47. The summed E-state index contributed by atoms with van der Waals surface area (Å²) in [6.45, 7) is 17.4. The third-order valence-electron chi connectivity index (χ3n) is 5.24. The molecule has 3 heteroatoms. The zero-order valence-electron chi connectivity index (χ0n) is 20.4. The molecule has 0 N–H and O–H groups in total. The largest absolute Gasteiger partial charge is 0.657 e. The van der Waals surface area contributed by atoms with E-state index < -0.39 is 0 Å². The van der Waals surface area contributed by atoms with Gasteiger partial charge in [-0.15, -0.1) is 24.2 Å². The van der Waals surface area contributed by atoms with Crippen molar-refractivity contribution in [3.05, 3.63) is 54.8 Å². The van der Waals surface area contributed by atoms with Gasteiger partial charge in [0, 0.05) is 0 Å². The minimum Gasteiger partial charge on any atom is -0.657 e. The van der Waals surface area contributed by atoms with Gasteiger partial charge in [0.25, 0.3) is 0 Å². The van der Waals surface area contributed by atoms with Crippen LogP contribution in [0.4, 0.5) is 0 Å². The zero-order chi connectivity index (χ0) is 22.1. The second-order valence-electron chi connectivity index (χ2n) is 8.10. The van der Waals surface area contributed by atoms with Gasteiger partial charge in [-0.2, -0.15) is 0 Å². The molecule has 0 heterocycles. The summed E-state index contributed by atoms with van der Waals surface area (Å²) in [5, 5.41) is 9.03. The minimum absolute atomic E-state index is 0.0833. The van der Waals surface area contributed by atoms with Gasteiger partial charge >= 0.3 is 76.2 Å². The maximum atomic E-state index is 4.51. The molecule has 0 fully saturated rings. The third-order valence-corrected chi connectivity index (χ3v) is 7.41. The zero-order valence-corrected chi connectivity index (χ0v) is 22.0. The Bertz CT molecular complexity index is 457. The van der Waals surface area contributed by atoms with Gasteiger partial charge < -0.3 is 10.6 Å². The molecule has 0 aliphatic heterocycles. The molecule has 0 saturated heterocycles. The van der Waals surface area contributed by atoms with Crippen LogP contribution in [0.2, 0.25) is 0 Å². The monoisotopic (exact) mass is 434 g/mol. The first kappa shape index (κ1) is 28.6. The van der Waals surface area contributed by atoms with E-state index in [2.05, 4.69) is 102 Å². The first-order valence-corrected chi connectivity index (χ1v) is 13.3. The molecule has 4 atom stereocenters. The van der Waals surface area contributed by atoms with Crippen LogP contribution in [0.5, 0.6) is 0 Å². The molecule has 2 aliphatic rings. The Morgan fingerprint density at radius 3 is 1.17 bits per heavy atom. The molecule has 2 aliphatic carbocycles. The molecule has 0 spiro atoms. The number of allylic oxidation sites excluding steroid dienone is 8. The van der Waals surface area contributed by atoms with Crippen LogP contribution >= 0.6 is 0 Å². The smallest absolute Gasteiger partial charge is 0.0668 e. The maximum Gasteiger partial charge on any atom is -0.0668 e. The Morgan fingerprint density at radius 2 is 0.966 bits per heavy atom. The molecular weight excluding hydrogens is 388 g/mol. The summed E-state index contributed by atoms with van der Waals surface area (Å²) in [4.78, 5) is 0. The maximum absolute atomic E-state index is 4.51. The quantitative estimate of drug-likeness (QED) is 0.308. The van der Waals surface area contributed by atoms with Crippen LogP contribution in [-0.4, -0.2) is 24.2 Å². The summed E-state index contributed by atoms with van der Waals surface area (Å²) in [7, 11) is 0. The van der Waals surface area contributed by atoms with Crippen molar-refractivity contribution in [3.8, 4) is 0 Å². The normalized spacial score (nSPS) is 18.3. The van der Waals surface area contributed by atoms with Crippen molar-refractivity contribution < 1.29 is 19.2 Å². The SMILES string of the molecule is C1=CC[C]([Ti+2][C]2=CC=CC2)=C1.CCC(C)[N-]C(C)CC.CCC(C)[N-]C(C)CC. The average molecular weight is 435 g/mol. The Morgan fingerprint density at radius 1 is 0.655 bits per heavy atom. The molecule has 0 saturated carbocycles. The fraction of sp³-hybridized carbons (Fsp3) is 0.692. The molecule has 0 radical (unpaired) electrons. The number of hydrogen-bond donors (Lipinski definition) is 0. The molecule has 4 unspecified atom stereocenters. The molecule has 2 rings (SSSR count). The van der Waals surface area contributed by atoms with Crippen molar-refractivity contribution in [2.24, 2.45) is 0 Å². The van der Waals surface area contributed by atoms with E-state index in [0.29, 0.717) is 24.2 Å². The van der Waals surface area contributed by atoms with Crippen LogP contribution in [-0.2, 0) is 19.2 Å². The van der Waals surface area contributed by atoms with Crippen molar-refractivity contribution in [1.29, 1.82) is 0 Å². The predicted molar refractivity (Wildman–Crippen MR) is 129 cm³/mol. The van der Waals surface area contributed by atoms with Crippen LogP contribution in [0.25, 0.3) is 10.6 Å². The van der Waals surface area contributed by atoms with E-state index in [4.69, 9.17) is 0 Å². The topological polar surface area (TPSA) is 28.2 Å². The van der Waals surface area contributed by atoms with Crippen LogP contribution in [0.15, 0.2) is 44.2 Å². The first-order chi connectivity index (χ1) is 13.9. The van der Waals surface area contributed by atoms with Crippen molar-refractivity contribution in [2.45, 2.75) is 118 Å². The van der Waals surface area contributed by atoms with Crippen molar-refractivity contribution in [3.63, 3.8) is 0 Å². The Hall–Kier alpha value is -0.406. The van der Waals surface area contributed by atoms with Crippen molar-refractivity contribution in [2.75, 3.05) is 0 Å². The second-order valence-corrected chi connectivity index (χ2v) is 10.5. The minimum atomic E-state index is 0.0833. The van der Waals surface area contributed by atoms with Gasteiger partial charge in [0.15, 0.2) is 0 Å². The molecule has 0 aromatic rings. The number of nitrogens with zero attached hydrogens (tertiary/aromatic N) is 2. The fourth-order valence-electron chi connectivity index (χ4n) is 2.58. The summed E-state index contributed by atoms with van der Waals surface area (Å²) >= 11 is 0.0833. The Balaban J connectivity index is 0.000000411. The molecule has 0 amide bonds. The second kappa shape index (κ2) is 18.4. The molecular formula is C26H46N2Ti. The van der Waals surface area contributed by atoms with E-state index in [-0.39, 0.29) is 19.2 Å². The van der Waals surface area contributed by atoms with Gasteiger partial charge in [0.05, 0.1) is 0 Å². The van der Waals surface area contributed by atoms with Gasteiger partial charge in [-0.05, 0) is 0 Å². The van der Waals surface area contributed by atoms with Crippen LogP contribution in [0.1, 0.15) is 93.9 Å². The van der Waals surface area contributed by atoms with Gasteiger partial charge in [0.2, 0.25) is 0 Å². The Labute approximate surface area is 191 Å². The summed E-state index contributed by atoms with van der Waals surface area (Å²) in [6.07, 6.45) is 20.6. The molecule has 164 valence electrons. The molecule has 29 heavy (non-hydrogen) atoms. The first-order valence-electron chi connectivity index (χ1n) is 11.7. The van der Waals surface area contributed by atoms with E-state index in [1.54, 1.807) is 7.76 Å². The van der Waals surface area contributed by atoms with E-state index in [9.17, 15) is 0 Å². The number of rotatable bonds is 10. The van der Waals surface area contributed by atoms with E-state index in [0.717, 1.165) is 0 Å². The third kappa shape index (κ3) is 16.0. The van der Waals surface area contributed by atoms with Gasteiger partial charge in [-0.1, -0.05) is 81.1 Å². The average Bonchev–Trinajstić information content (AvgIpc) is 3.43. The molecule has 2 nitrogen and oxygen atoms in total. The van der Waals surface area contributed by atoms with Crippen LogP contribution < -0.4 is 0 Å².